The number of imidazole rings is 1. The van der Waals surface area contributed by atoms with Gasteiger partial charge in [-0.25, -0.2) is 4.98 Å². The van der Waals surface area contributed by atoms with Gasteiger partial charge in [0, 0.05) is 23.7 Å². The van der Waals surface area contributed by atoms with Crippen molar-refractivity contribution in [2.24, 2.45) is 0 Å². The van der Waals surface area contributed by atoms with Crippen LogP contribution in [0, 0.1) is 0 Å². The number of nitrogens with one attached hydrogen (secondary N) is 1. The molecule has 0 atom stereocenters. The minimum Gasteiger partial charge on any atom is -0.342 e. The molecule has 3 nitrogen and oxygen atoms in total. The van der Waals surface area contributed by atoms with Crippen LogP contribution in [0.25, 0.3) is 0 Å². The molecular formula is C9H8N2OS. The second-order valence-electron chi connectivity index (χ2n) is 2.62. The Morgan fingerprint density at radius 3 is 3.15 bits per heavy atom. The molecule has 4 heteroatoms. The number of thiophene rings is 1. The van der Waals surface area contributed by atoms with Crippen molar-refractivity contribution in [3.8, 4) is 0 Å². The Morgan fingerprint density at radius 1 is 1.62 bits per heavy atom. The van der Waals surface area contributed by atoms with E-state index in [0.717, 1.165) is 4.88 Å². The van der Waals surface area contributed by atoms with E-state index in [0.29, 0.717) is 12.2 Å². The summed E-state index contributed by atoms with van der Waals surface area (Å²) in [5.74, 6) is 0.473. The second kappa shape index (κ2) is 3.53. The number of H-pyrrole nitrogens is 1. The van der Waals surface area contributed by atoms with Crippen LogP contribution in [0.4, 0.5) is 0 Å². The van der Waals surface area contributed by atoms with Crippen LogP contribution >= 0.6 is 11.3 Å². The van der Waals surface area contributed by atoms with E-state index in [4.69, 9.17) is 0 Å². The highest BCUT2D eigenvalue weighted by Gasteiger charge is 2.08. The predicted octanol–water partition coefficient (Wildman–Crippen LogP) is 1.90. The largest absolute Gasteiger partial charge is 0.342 e. The molecular weight excluding hydrogens is 184 g/mol. The molecule has 66 valence electrons. The van der Waals surface area contributed by atoms with Crippen LogP contribution < -0.4 is 0 Å². The molecule has 0 radical (unpaired) electrons. The van der Waals surface area contributed by atoms with Crippen molar-refractivity contribution in [3.63, 3.8) is 0 Å². The van der Waals surface area contributed by atoms with Crippen LogP contribution in [0.3, 0.4) is 0 Å². The number of carbonyl (C=O) groups is 1. The molecule has 0 fully saturated rings. The minimum atomic E-state index is 0.0347. The first-order valence-corrected chi connectivity index (χ1v) is 4.79. The smallest absolute Gasteiger partial charge is 0.203 e. The van der Waals surface area contributed by atoms with Gasteiger partial charge in [0.2, 0.25) is 5.78 Å². The third-order valence-corrected chi connectivity index (χ3v) is 2.55. The summed E-state index contributed by atoms with van der Waals surface area (Å²) in [6.07, 6.45) is 3.68. The Morgan fingerprint density at radius 2 is 2.54 bits per heavy atom. The SMILES string of the molecule is O=C(Cc1cccs1)c1ncc[nH]1. The molecule has 0 aliphatic heterocycles. The van der Waals surface area contributed by atoms with Gasteiger partial charge in [-0.05, 0) is 11.4 Å². The normalized spacial score (nSPS) is 10.2. The number of hydrogen-bond donors (Lipinski definition) is 1. The number of nitrogens with zero attached hydrogens (tertiary/aromatic N) is 1. The van der Waals surface area contributed by atoms with E-state index >= 15 is 0 Å². The summed E-state index contributed by atoms with van der Waals surface area (Å²) in [7, 11) is 0. The van der Waals surface area contributed by atoms with E-state index in [9.17, 15) is 4.79 Å². The molecule has 0 aliphatic rings. The number of ketones is 1. The Hall–Kier alpha value is -1.42. The molecule has 0 saturated carbocycles. The lowest BCUT2D eigenvalue weighted by Crippen LogP contribution is -2.04. The van der Waals surface area contributed by atoms with Crippen molar-refractivity contribution in [2.75, 3.05) is 0 Å². The zero-order chi connectivity index (χ0) is 9.10. The molecule has 0 aromatic carbocycles. The van der Waals surface area contributed by atoms with Crippen LogP contribution in [-0.2, 0) is 6.42 Å². The Labute approximate surface area is 79.4 Å². The standard InChI is InChI=1S/C9H8N2OS/c12-8(9-10-3-4-11-9)6-7-2-1-5-13-7/h1-5H,6H2,(H,10,11). The van der Waals surface area contributed by atoms with Gasteiger partial charge in [0.1, 0.15) is 0 Å². The summed E-state index contributed by atoms with van der Waals surface area (Å²) in [6.45, 7) is 0. The van der Waals surface area contributed by atoms with Gasteiger partial charge in [0.05, 0.1) is 0 Å². The van der Waals surface area contributed by atoms with Crippen molar-refractivity contribution in [1.82, 2.24) is 9.97 Å². The third-order valence-electron chi connectivity index (χ3n) is 1.68. The van der Waals surface area contributed by atoms with Crippen LogP contribution in [-0.4, -0.2) is 15.8 Å². The van der Waals surface area contributed by atoms with Crippen molar-refractivity contribution in [2.45, 2.75) is 6.42 Å². The first-order valence-electron chi connectivity index (χ1n) is 3.91. The first-order chi connectivity index (χ1) is 6.36. The first kappa shape index (κ1) is 8.19. The average molecular weight is 192 g/mol. The maximum absolute atomic E-state index is 11.5. The average Bonchev–Trinajstić information content (AvgIpc) is 2.74. The molecule has 1 N–H and O–H groups in total. The Bertz CT molecular complexity index is 378. The van der Waals surface area contributed by atoms with E-state index < -0.39 is 0 Å². The minimum absolute atomic E-state index is 0.0347. The molecule has 0 spiro atoms. The number of rotatable bonds is 3. The number of aromatic nitrogens is 2. The zero-order valence-corrected chi connectivity index (χ0v) is 7.67. The molecule has 2 aromatic rings. The van der Waals surface area contributed by atoms with Gasteiger partial charge in [0.15, 0.2) is 5.82 Å². The molecule has 0 saturated heterocycles. The number of Topliss-reactive ketones (excluding diaryl/α,β-unsaturated/α-hetero) is 1. The quantitative estimate of drug-likeness (QED) is 0.755. The van der Waals surface area contributed by atoms with Crippen LogP contribution in [0.5, 0.6) is 0 Å². The van der Waals surface area contributed by atoms with E-state index in [1.807, 2.05) is 17.5 Å². The van der Waals surface area contributed by atoms with Crippen molar-refractivity contribution in [3.05, 3.63) is 40.6 Å². The lowest BCUT2D eigenvalue weighted by atomic mass is 10.2. The maximum Gasteiger partial charge on any atom is 0.203 e. The molecule has 2 aromatic heterocycles. The van der Waals surface area contributed by atoms with Gasteiger partial charge in [0.25, 0.3) is 0 Å². The second-order valence-corrected chi connectivity index (χ2v) is 3.65. The third kappa shape index (κ3) is 1.84. The van der Waals surface area contributed by atoms with Gasteiger partial charge in [-0.3, -0.25) is 4.79 Å². The zero-order valence-electron chi connectivity index (χ0n) is 6.86. The van der Waals surface area contributed by atoms with E-state index in [1.54, 1.807) is 23.7 Å². The van der Waals surface area contributed by atoms with Crippen molar-refractivity contribution in [1.29, 1.82) is 0 Å². The highest BCUT2D eigenvalue weighted by Crippen LogP contribution is 2.10. The van der Waals surface area contributed by atoms with Crippen molar-refractivity contribution < 1.29 is 4.79 Å². The Kier molecular flexibility index (Phi) is 2.23. The fourth-order valence-electron chi connectivity index (χ4n) is 1.07. The van der Waals surface area contributed by atoms with E-state index in [1.165, 1.54) is 0 Å². The van der Waals surface area contributed by atoms with Crippen LogP contribution in [0.1, 0.15) is 15.5 Å². The number of hydrogen-bond acceptors (Lipinski definition) is 3. The lowest BCUT2D eigenvalue weighted by molar-refractivity contribution is 0.0985. The summed E-state index contributed by atoms with van der Waals surface area (Å²) >= 11 is 1.59. The highest BCUT2D eigenvalue weighted by atomic mass is 32.1. The molecule has 2 heterocycles. The van der Waals surface area contributed by atoms with Gasteiger partial charge in [-0.1, -0.05) is 6.07 Å². The van der Waals surface area contributed by atoms with Gasteiger partial charge in [-0.15, -0.1) is 11.3 Å². The molecule has 13 heavy (non-hydrogen) atoms. The molecule has 0 bridgehead atoms. The number of aromatic amines is 1. The predicted molar refractivity (Wildman–Crippen MR) is 50.9 cm³/mol. The summed E-state index contributed by atoms with van der Waals surface area (Å²) in [4.78, 5) is 19.2. The summed E-state index contributed by atoms with van der Waals surface area (Å²) in [5, 5.41) is 1.96. The van der Waals surface area contributed by atoms with Gasteiger partial charge < -0.3 is 4.98 Å². The molecule has 0 unspecified atom stereocenters. The summed E-state index contributed by atoms with van der Waals surface area (Å²) in [6, 6.07) is 3.89. The van der Waals surface area contributed by atoms with Crippen LogP contribution in [0.15, 0.2) is 29.9 Å². The summed E-state index contributed by atoms with van der Waals surface area (Å²) < 4.78 is 0. The van der Waals surface area contributed by atoms with E-state index in [2.05, 4.69) is 9.97 Å². The molecule has 0 amide bonds. The maximum atomic E-state index is 11.5. The number of carbonyl (C=O) groups excluding carboxylic acids is 1. The Balaban J connectivity index is 2.08. The van der Waals surface area contributed by atoms with Crippen molar-refractivity contribution >= 4 is 17.1 Å². The molecule has 0 aliphatic carbocycles. The topological polar surface area (TPSA) is 45.8 Å². The van der Waals surface area contributed by atoms with Gasteiger partial charge in [-0.2, -0.15) is 0 Å². The fourth-order valence-corrected chi connectivity index (χ4v) is 1.78. The highest BCUT2D eigenvalue weighted by molar-refractivity contribution is 7.10. The van der Waals surface area contributed by atoms with Gasteiger partial charge >= 0.3 is 0 Å². The fraction of sp³-hybridized carbons (Fsp3) is 0.111. The van der Waals surface area contributed by atoms with E-state index in [-0.39, 0.29) is 5.78 Å². The van der Waals surface area contributed by atoms with Crippen LogP contribution in [0.2, 0.25) is 0 Å². The molecule has 2 rings (SSSR count). The summed E-state index contributed by atoms with van der Waals surface area (Å²) in [5.41, 5.74) is 0. The monoisotopic (exact) mass is 192 g/mol. The lowest BCUT2D eigenvalue weighted by Gasteiger charge is -1.92.